The Kier molecular flexibility index (Phi) is 2.83. The molecule has 0 aliphatic carbocycles. The van der Waals surface area contributed by atoms with Crippen LogP contribution in [0.25, 0.3) is 0 Å². The van der Waals surface area contributed by atoms with E-state index in [2.05, 4.69) is 21.7 Å². The molecule has 0 N–H and O–H groups in total. The molecule has 0 saturated carbocycles. The molecule has 13 heavy (non-hydrogen) atoms. The number of nitrogens with zero attached hydrogens (tertiary/aromatic N) is 1. The lowest BCUT2D eigenvalue weighted by molar-refractivity contribution is -0.385. The number of rotatable bonds is 1. The largest absolute Gasteiger partial charge is 0.273 e. The van der Waals surface area contributed by atoms with Gasteiger partial charge in [0.2, 0.25) is 0 Å². The molecule has 0 aromatic heterocycles. The molecule has 1 rings (SSSR count). The van der Waals surface area contributed by atoms with Crippen molar-refractivity contribution in [1.82, 2.24) is 0 Å². The molecule has 63 valence electrons. The number of nitro benzene ring substituents is 1. The van der Waals surface area contributed by atoms with Crippen molar-refractivity contribution in [1.29, 1.82) is 0 Å². The van der Waals surface area contributed by atoms with Gasteiger partial charge in [0.15, 0.2) is 0 Å². The summed E-state index contributed by atoms with van der Waals surface area (Å²) in [5, 5.41) is 10.5. The van der Waals surface area contributed by atoms with Crippen LogP contribution in [-0.4, -0.2) is 15.2 Å². The summed E-state index contributed by atoms with van der Waals surface area (Å²) in [4.78, 5) is 10.1. The van der Waals surface area contributed by atoms with Crippen LogP contribution in [0, 0.1) is 28.5 Å². The molecule has 0 spiro atoms. The van der Waals surface area contributed by atoms with Crippen LogP contribution in [0.5, 0.6) is 0 Å². The van der Waals surface area contributed by atoms with Crippen LogP contribution in [0.3, 0.4) is 0 Å². The molecule has 0 heterocycles. The topological polar surface area (TPSA) is 43.1 Å². The summed E-state index contributed by atoms with van der Waals surface area (Å²) in [6.07, 6.45) is 0. The van der Waals surface area contributed by atoms with Crippen molar-refractivity contribution < 1.29 is 4.92 Å². The predicted octanol–water partition coefficient (Wildman–Crippen LogP) is 1.38. The third kappa shape index (κ3) is 1.95. The van der Waals surface area contributed by atoms with Crippen molar-refractivity contribution in [2.45, 2.75) is 6.92 Å². The highest BCUT2D eigenvalue weighted by Gasteiger charge is 2.11. The van der Waals surface area contributed by atoms with Gasteiger partial charge in [-0.05, 0) is 13.0 Å². The second-order valence-corrected chi connectivity index (χ2v) is 2.71. The second kappa shape index (κ2) is 3.87. The molecule has 4 heteroatoms. The minimum absolute atomic E-state index is 0.104. The Balaban J connectivity index is 3.31. The average molecular weight is 188 g/mol. The summed E-state index contributed by atoms with van der Waals surface area (Å²) in [6, 6.07) is 4.83. The first-order valence-corrected chi connectivity index (χ1v) is 4.08. The SMILES string of the molecule is Cc1c(C#C[Si])cccc1[N+](=O)[O-]. The van der Waals surface area contributed by atoms with Crippen LogP contribution >= 0.6 is 0 Å². The van der Waals surface area contributed by atoms with E-state index in [1.54, 1.807) is 19.1 Å². The van der Waals surface area contributed by atoms with E-state index in [1.165, 1.54) is 6.07 Å². The Hall–Kier alpha value is -1.60. The molecular weight excluding hydrogens is 182 g/mol. The van der Waals surface area contributed by atoms with E-state index in [1.807, 2.05) is 0 Å². The zero-order chi connectivity index (χ0) is 9.84. The van der Waals surface area contributed by atoms with Gasteiger partial charge in [-0.1, -0.05) is 12.0 Å². The Morgan fingerprint density at radius 3 is 2.77 bits per heavy atom. The van der Waals surface area contributed by atoms with Gasteiger partial charge in [-0.25, -0.2) is 0 Å². The van der Waals surface area contributed by atoms with Crippen molar-refractivity contribution in [3.63, 3.8) is 0 Å². The van der Waals surface area contributed by atoms with Crippen LogP contribution in [0.4, 0.5) is 5.69 Å². The van der Waals surface area contributed by atoms with E-state index >= 15 is 0 Å². The third-order valence-corrected chi connectivity index (χ3v) is 1.82. The van der Waals surface area contributed by atoms with Gasteiger partial charge in [-0.15, -0.1) is 5.54 Å². The summed E-state index contributed by atoms with van der Waals surface area (Å²) in [5.74, 6) is 2.73. The first kappa shape index (κ1) is 9.48. The monoisotopic (exact) mass is 188 g/mol. The Morgan fingerprint density at radius 1 is 1.54 bits per heavy atom. The van der Waals surface area contributed by atoms with Crippen LogP contribution in [0.15, 0.2) is 18.2 Å². The lowest BCUT2D eigenvalue weighted by Gasteiger charge is -1.98. The lowest BCUT2D eigenvalue weighted by atomic mass is 10.1. The summed E-state index contributed by atoms with van der Waals surface area (Å²) < 4.78 is 0. The quantitative estimate of drug-likeness (QED) is 0.289. The fourth-order valence-corrected chi connectivity index (χ4v) is 1.16. The summed E-state index contributed by atoms with van der Waals surface area (Å²) in [5.41, 5.74) is 3.89. The van der Waals surface area contributed by atoms with Crippen molar-refractivity contribution in [3.05, 3.63) is 39.4 Å². The van der Waals surface area contributed by atoms with Crippen LogP contribution in [0.2, 0.25) is 0 Å². The number of nitro groups is 1. The van der Waals surface area contributed by atoms with E-state index < -0.39 is 4.92 Å². The fourth-order valence-electron chi connectivity index (χ4n) is 1.02. The number of benzene rings is 1. The first-order chi connectivity index (χ1) is 6.16. The molecule has 1 aromatic carbocycles. The van der Waals surface area contributed by atoms with Gasteiger partial charge in [0, 0.05) is 17.2 Å². The molecular formula is C9H6NO2Si. The van der Waals surface area contributed by atoms with Gasteiger partial charge in [0.05, 0.1) is 4.92 Å². The van der Waals surface area contributed by atoms with E-state index in [0.717, 1.165) is 0 Å². The van der Waals surface area contributed by atoms with Crippen molar-refractivity contribution in [3.8, 4) is 11.5 Å². The van der Waals surface area contributed by atoms with Gasteiger partial charge >= 0.3 is 0 Å². The van der Waals surface area contributed by atoms with E-state index in [0.29, 0.717) is 11.1 Å². The van der Waals surface area contributed by atoms with Gasteiger partial charge in [0.25, 0.3) is 5.69 Å². The predicted molar refractivity (Wildman–Crippen MR) is 50.5 cm³/mol. The summed E-state index contributed by atoms with van der Waals surface area (Å²) in [6.45, 7) is 1.68. The van der Waals surface area contributed by atoms with Crippen molar-refractivity contribution >= 4 is 15.9 Å². The van der Waals surface area contributed by atoms with E-state index in [9.17, 15) is 10.1 Å². The molecule has 0 aliphatic heterocycles. The lowest BCUT2D eigenvalue weighted by Crippen LogP contribution is -1.93. The molecule has 1 aromatic rings. The van der Waals surface area contributed by atoms with Crippen molar-refractivity contribution in [2.75, 3.05) is 0 Å². The minimum Gasteiger partial charge on any atom is -0.258 e. The zero-order valence-corrected chi connectivity index (χ0v) is 8.00. The third-order valence-electron chi connectivity index (χ3n) is 1.70. The molecule has 0 bridgehead atoms. The maximum absolute atomic E-state index is 10.5. The Morgan fingerprint density at radius 2 is 2.23 bits per heavy atom. The normalized spacial score (nSPS) is 8.77. The molecule has 0 amide bonds. The average Bonchev–Trinajstić information content (AvgIpc) is 2.08. The zero-order valence-electron chi connectivity index (χ0n) is 7.00. The van der Waals surface area contributed by atoms with Gasteiger partial charge in [-0.3, -0.25) is 10.1 Å². The molecule has 0 atom stereocenters. The summed E-state index contributed by atoms with van der Waals surface area (Å²) in [7, 11) is 3.00. The maximum atomic E-state index is 10.5. The van der Waals surface area contributed by atoms with Gasteiger partial charge < -0.3 is 0 Å². The van der Waals surface area contributed by atoms with Crippen LogP contribution in [-0.2, 0) is 0 Å². The minimum atomic E-state index is -0.409. The van der Waals surface area contributed by atoms with Gasteiger partial charge in [-0.2, -0.15) is 0 Å². The van der Waals surface area contributed by atoms with E-state index in [4.69, 9.17) is 0 Å². The fraction of sp³-hybridized carbons (Fsp3) is 0.111. The maximum Gasteiger partial charge on any atom is 0.273 e. The highest BCUT2D eigenvalue weighted by Crippen LogP contribution is 2.19. The second-order valence-electron chi connectivity index (χ2n) is 2.46. The van der Waals surface area contributed by atoms with Crippen LogP contribution < -0.4 is 0 Å². The van der Waals surface area contributed by atoms with Gasteiger partial charge in [0.1, 0.15) is 10.2 Å². The number of hydrogen-bond donors (Lipinski definition) is 0. The Labute approximate surface area is 79.3 Å². The molecule has 0 saturated heterocycles. The number of hydrogen-bond acceptors (Lipinski definition) is 2. The first-order valence-electron chi connectivity index (χ1n) is 3.58. The highest BCUT2D eigenvalue weighted by molar-refractivity contribution is 6.22. The molecule has 0 fully saturated rings. The standard InChI is InChI=1S/C9H6NO2Si/c1-7-8(5-6-13)3-2-4-9(7)10(11)12/h2-4H,1H3. The molecule has 3 nitrogen and oxygen atoms in total. The van der Waals surface area contributed by atoms with Crippen LogP contribution in [0.1, 0.15) is 11.1 Å². The molecule has 3 radical (unpaired) electrons. The molecule has 0 unspecified atom stereocenters. The summed E-state index contributed by atoms with van der Waals surface area (Å²) >= 11 is 0. The highest BCUT2D eigenvalue weighted by atomic mass is 28.1. The molecule has 0 aliphatic rings. The Bertz CT molecular complexity index is 404. The smallest absolute Gasteiger partial charge is 0.258 e. The van der Waals surface area contributed by atoms with E-state index in [-0.39, 0.29) is 5.69 Å². The van der Waals surface area contributed by atoms with Crippen molar-refractivity contribution in [2.24, 2.45) is 0 Å².